The minimum Gasteiger partial charge on any atom is -0.380 e. The first-order chi connectivity index (χ1) is 22.5. The molecule has 0 bridgehead atoms. The highest BCUT2D eigenvalue weighted by Crippen LogP contribution is 2.31. The van der Waals surface area contributed by atoms with Crippen molar-refractivity contribution in [3.63, 3.8) is 0 Å². The number of hydrogen-bond acceptors (Lipinski definition) is 9. The number of ketones is 2. The molecule has 6 rings (SSSR count). The van der Waals surface area contributed by atoms with Crippen LogP contribution in [0.4, 0.5) is 37.8 Å². The minimum absolute atomic E-state index is 0.0843. The summed E-state index contributed by atoms with van der Waals surface area (Å²) in [7, 11) is 4.04. The first-order valence-corrected chi connectivity index (χ1v) is 14.0. The zero-order valence-corrected chi connectivity index (χ0v) is 25.4. The summed E-state index contributed by atoms with van der Waals surface area (Å²) in [5.74, 6) is -5.63. The summed E-state index contributed by atoms with van der Waals surface area (Å²) < 4.78 is 76.0. The van der Waals surface area contributed by atoms with Gasteiger partial charge in [-0.05, 0) is 69.9 Å². The molecule has 0 radical (unpaired) electrons. The van der Waals surface area contributed by atoms with Crippen molar-refractivity contribution in [1.82, 2.24) is 29.4 Å². The van der Waals surface area contributed by atoms with E-state index in [4.69, 9.17) is 15.4 Å². The number of nitrogen functional groups attached to an aromatic ring is 1. The van der Waals surface area contributed by atoms with E-state index in [1.807, 2.05) is 68.5 Å². The van der Waals surface area contributed by atoms with E-state index in [9.17, 15) is 40.7 Å². The second kappa shape index (κ2) is 12.6. The van der Waals surface area contributed by atoms with Crippen LogP contribution in [0, 0.1) is 6.92 Å². The average Bonchev–Trinajstić information content (AvgIpc) is 3.73. The summed E-state index contributed by atoms with van der Waals surface area (Å²) in [5, 5.41) is 9.22. The SMILES string of the molecule is Cc1nn(-c2ccc3onc(N)c3c2)c2c1CCN(c1ccc(-n3ccnc3CN(C)C)cc1)C2=O.O=C(C(=O)C(F)(F)F)C(F)(F)F. The predicted molar refractivity (Wildman–Crippen MR) is 159 cm³/mol. The number of fused-ring (bicyclic) bond motifs is 2. The number of nitrogens with zero attached hydrogens (tertiary/aromatic N) is 7. The van der Waals surface area contributed by atoms with Crippen LogP contribution >= 0.6 is 0 Å². The zero-order chi connectivity index (χ0) is 35.1. The van der Waals surface area contributed by atoms with Crippen LogP contribution < -0.4 is 10.6 Å². The lowest BCUT2D eigenvalue weighted by Crippen LogP contribution is -2.39. The number of imidazole rings is 1. The van der Waals surface area contributed by atoms with Crippen molar-refractivity contribution in [2.24, 2.45) is 0 Å². The maximum atomic E-state index is 13.8. The molecule has 0 aliphatic carbocycles. The summed E-state index contributed by atoms with van der Waals surface area (Å²) in [6.07, 6.45) is -7.07. The highest BCUT2D eigenvalue weighted by molar-refractivity contribution is 6.41. The van der Waals surface area contributed by atoms with Gasteiger partial charge in [-0.25, -0.2) is 9.67 Å². The number of benzene rings is 2. The molecular formula is C30H26F6N8O4. The minimum atomic E-state index is -5.77. The molecule has 3 aromatic heterocycles. The number of amides is 1. The number of aryl methyl sites for hydroxylation is 1. The normalized spacial score (nSPS) is 13.5. The van der Waals surface area contributed by atoms with E-state index < -0.39 is 23.9 Å². The Morgan fingerprint density at radius 2 is 1.56 bits per heavy atom. The largest absolute Gasteiger partial charge is 0.458 e. The fourth-order valence-corrected chi connectivity index (χ4v) is 5.06. The van der Waals surface area contributed by atoms with Gasteiger partial charge in [0.15, 0.2) is 11.4 Å². The van der Waals surface area contributed by atoms with Gasteiger partial charge >= 0.3 is 23.9 Å². The summed E-state index contributed by atoms with van der Waals surface area (Å²) >= 11 is 0. The van der Waals surface area contributed by atoms with E-state index in [0.717, 1.165) is 47.1 Å². The molecule has 1 amide bonds. The third kappa shape index (κ3) is 6.64. The summed E-state index contributed by atoms with van der Waals surface area (Å²) in [4.78, 5) is 41.4. The highest BCUT2D eigenvalue weighted by Gasteiger charge is 2.54. The number of aromatic nitrogens is 5. The van der Waals surface area contributed by atoms with E-state index in [2.05, 4.69) is 19.6 Å². The molecule has 48 heavy (non-hydrogen) atoms. The number of rotatable bonds is 6. The van der Waals surface area contributed by atoms with Crippen LogP contribution in [0.2, 0.25) is 0 Å². The van der Waals surface area contributed by atoms with Crippen molar-refractivity contribution < 1.29 is 45.2 Å². The number of carbonyl (C=O) groups is 3. The van der Waals surface area contributed by atoms with Gasteiger partial charge in [0, 0.05) is 35.9 Å². The lowest BCUT2D eigenvalue weighted by atomic mass is 10.0. The van der Waals surface area contributed by atoms with Gasteiger partial charge < -0.3 is 24.6 Å². The van der Waals surface area contributed by atoms with Gasteiger partial charge in [-0.15, -0.1) is 0 Å². The monoisotopic (exact) mass is 676 g/mol. The molecule has 0 fully saturated rings. The Kier molecular flexibility index (Phi) is 8.87. The van der Waals surface area contributed by atoms with Crippen LogP contribution in [0.1, 0.15) is 27.6 Å². The molecular weight excluding hydrogens is 650 g/mol. The fourth-order valence-electron chi connectivity index (χ4n) is 5.06. The topological polar surface area (TPSA) is 145 Å². The Hall–Kier alpha value is -5.52. The molecule has 252 valence electrons. The molecule has 1 aliphatic heterocycles. The first-order valence-electron chi connectivity index (χ1n) is 14.0. The van der Waals surface area contributed by atoms with Crippen LogP contribution in [0.15, 0.2) is 59.4 Å². The molecule has 0 saturated heterocycles. The van der Waals surface area contributed by atoms with E-state index in [1.165, 1.54) is 0 Å². The maximum absolute atomic E-state index is 13.8. The Morgan fingerprint density at radius 1 is 0.958 bits per heavy atom. The highest BCUT2D eigenvalue weighted by atomic mass is 19.4. The van der Waals surface area contributed by atoms with Gasteiger partial charge in [0.2, 0.25) is 0 Å². The number of hydrogen-bond donors (Lipinski definition) is 1. The van der Waals surface area contributed by atoms with Gasteiger partial charge in [-0.3, -0.25) is 14.4 Å². The van der Waals surface area contributed by atoms with Crippen molar-refractivity contribution in [2.75, 3.05) is 31.3 Å². The predicted octanol–water partition coefficient (Wildman–Crippen LogP) is 4.60. The van der Waals surface area contributed by atoms with Crippen LogP contribution in [0.5, 0.6) is 0 Å². The third-order valence-corrected chi connectivity index (χ3v) is 7.28. The lowest BCUT2D eigenvalue weighted by molar-refractivity contribution is -0.193. The number of carbonyl (C=O) groups excluding carboxylic acids is 3. The van der Waals surface area contributed by atoms with Crippen LogP contribution in [-0.2, 0) is 22.6 Å². The zero-order valence-electron chi connectivity index (χ0n) is 25.4. The van der Waals surface area contributed by atoms with Crippen molar-refractivity contribution >= 4 is 39.9 Å². The Balaban J connectivity index is 0.000000323. The quantitative estimate of drug-likeness (QED) is 0.201. The second-order valence-electron chi connectivity index (χ2n) is 10.9. The van der Waals surface area contributed by atoms with Crippen molar-refractivity contribution in [1.29, 1.82) is 0 Å². The van der Waals surface area contributed by atoms with Crippen molar-refractivity contribution in [2.45, 2.75) is 32.2 Å². The molecule has 0 spiro atoms. The molecule has 5 aromatic rings. The Morgan fingerprint density at radius 3 is 2.17 bits per heavy atom. The van der Waals surface area contributed by atoms with Crippen molar-refractivity contribution in [3.05, 3.63) is 77.6 Å². The summed E-state index contributed by atoms with van der Waals surface area (Å²) in [6.45, 7) is 3.26. The molecule has 4 heterocycles. The molecule has 0 atom stereocenters. The van der Waals surface area contributed by atoms with Crippen LogP contribution in [0.3, 0.4) is 0 Å². The molecule has 2 N–H and O–H groups in total. The van der Waals surface area contributed by atoms with Gasteiger partial charge in [0.25, 0.3) is 5.91 Å². The number of anilines is 2. The standard InChI is InChI=1S/C26H26N8O2.C4F6O2/c1-16-20-10-12-33(18-6-4-17(5-7-18)32-13-11-28-23(32)15-31(2)3)26(35)24(20)34(29-16)19-8-9-22-21(14-19)25(27)30-36-22;5-3(6,7)1(11)2(12)4(8,9)10/h4-9,11,13-14H,10,12,15H2,1-3H3,(H2,27,30);. The molecule has 18 heteroatoms. The maximum Gasteiger partial charge on any atom is 0.458 e. The Bertz CT molecular complexity index is 1980. The molecule has 0 saturated carbocycles. The number of halogens is 6. The molecule has 12 nitrogen and oxygen atoms in total. The van der Waals surface area contributed by atoms with Crippen molar-refractivity contribution in [3.8, 4) is 11.4 Å². The van der Waals surface area contributed by atoms with Gasteiger partial charge in [-0.2, -0.15) is 31.4 Å². The number of nitrogens with two attached hydrogens (primary N) is 1. The van der Waals surface area contributed by atoms with E-state index in [0.29, 0.717) is 29.0 Å². The lowest BCUT2D eigenvalue weighted by Gasteiger charge is -2.28. The second-order valence-corrected chi connectivity index (χ2v) is 10.9. The van der Waals surface area contributed by atoms with Crippen LogP contribution in [0.25, 0.3) is 22.3 Å². The molecule has 1 aliphatic rings. The summed E-state index contributed by atoms with van der Waals surface area (Å²) in [5.41, 5.74) is 11.5. The fraction of sp³-hybridized carbons (Fsp3) is 0.267. The average molecular weight is 677 g/mol. The smallest absolute Gasteiger partial charge is 0.380 e. The van der Waals surface area contributed by atoms with E-state index in [1.54, 1.807) is 16.9 Å². The number of alkyl halides is 6. The van der Waals surface area contributed by atoms with Gasteiger partial charge in [0.1, 0.15) is 11.5 Å². The Labute approximate surface area is 267 Å². The van der Waals surface area contributed by atoms with E-state index in [-0.39, 0.29) is 5.91 Å². The first kappa shape index (κ1) is 33.8. The van der Waals surface area contributed by atoms with Gasteiger partial charge in [0.05, 0.1) is 23.3 Å². The molecule has 2 aromatic carbocycles. The molecule has 0 unspecified atom stereocenters. The summed E-state index contributed by atoms with van der Waals surface area (Å²) in [6, 6.07) is 13.5. The van der Waals surface area contributed by atoms with Crippen LogP contribution in [-0.4, -0.2) is 79.9 Å². The van der Waals surface area contributed by atoms with E-state index >= 15 is 0 Å². The third-order valence-electron chi connectivity index (χ3n) is 7.28. The number of Topliss-reactive ketones (excluding diaryl/α,β-unsaturated/α-hetero) is 2. The van der Waals surface area contributed by atoms with Gasteiger partial charge in [-0.1, -0.05) is 5.16 Å².